The number of hydrogen-bond donors (Lipinski definition) is 0. The molecule has 114 valence electrons. The molecule has 0 unspecified atom stereocenters. The predicted molar refractivity (Wildman–Crippen MR) is 80.4 cm³/mol. The molecule has 21 heavy (non-hydrogen) atoms. The lowest BCUT2D eigenvalue weighted by Crippen LogP contribution is -2.55. The number of rotatable bonds is 3. The third-order valence-corrected chi connectivity index (χ3v) is 4.57. The summed E-state index contributed by atoms with van der Waals surface area (Å²) in [6.07, 6.45) is 5.33. The van der Waals surface area contributed by atoms with E-state index in [9.17, 15) is 4.79 Å². The van der Waals surface area contributed by atoms with Gasteiger partial charge in [0.1, 0.15) is 5.75 Å². The van der Waals surface area contributed by atoms with Crippen molar-refractivity contribution in [2.45, 2.75) is 44.2 Å². The van der Waals surface area contributed by atoms with Crippen LogP contribution < -0.4 is 4.74 Å². The zero-order valence-electron chi connectivity index (χ0n) is 12.6. The first-order valence-corrected chi connectivity index (χ1v) is 7.82. The summed E-state index contributed by atoms with van der Waals surface area (Å²) in [6, 6.07) is 8.04. The van der Waals surface area contributed by atoms with Crippen molar-refractivity contribution in [3.8, 4) is 5.75 Å². The first-order valence-electron chi connectivity index (χ1n) is 7.82. The zero-order valence-corrected chi connectivity index (χ0v) is 12.6. The molecule has 0 spiro atoms. The molecule has 0 radical (unpaired) electrons. The van der Waals surface area contributed by atoms with Gasteiger partial charge in [-0.05, 0) is 30.5 Å². The molecule has 1 amide bonds. The van der Waals surface area contributed by atoms with E-state index in [1.165, 1.54) is 12.8 Å². The molecule has 1 saturated heterocycles. The molecule has 1 saturated carbocycles. The SMILES string of the molecule is COc1ccc(CC(=O)N2CCO[C@H]3CCCC[C@H]32)cc1. The largest absolute Gasteiger partial charge is 0.497 e. The maximum absolute atomic E-state index is 12.6. The van der Waals surface area contributed by atoms with E-state index in [0.717, 1.165) is 30.7 Å². The van der Waals surface area contributed by atoms with Crippen LogP contribution in [0, 0.1) is 0 Å². The number of methoxy groups -OCH3 is 1. The molecule has 1 aromatic carbocycles. The lowest BCUT2D eigenvalue weighted by atomic mass is 9.90. The number of ether oxygens (including phenoxy) is 2. The maximum atomic E-state index is 12.6. The van der Waals surface area contributed by atoms with Crippen molar-refractivity contribution >= 4 is 5.91 Å². The summed E-state index contributed by atoms with van der Waals surface area (Å²) in [5.41, 5.74) is 1.04. The smallest absolute Gasteiger partial charge is 0.227 e. The molecular weight excluding hydrogens is 266 g/mol. The number of fused-ring (bicyclic) bond motifs is 1. The molecule has 0 bridgehead atoms. The zero-order chi connectivity index (χ0) is 14.7. The Labute approximate surface area is 126 Å². The van der Waals surface area contributed by atoms with Crippen molar-refractivity contribution in [2.24, 2.45) is 0 Å². The fourth-order valence-electron chi connectivity index (χ4n) is 3.43. The minimum Gasteiger partial charge on any atom is -0.497 e. The molecule has 1 heterocycles. The molecule has 4 nitrogen and oxygen atoms in total. The van der Waals surface area contributed by atoms with Crippen LogP contribution in [0.3, 0.4) is 0 Å². The lowest BCUT2D eigenvalue weighted by Gasteiger charge is -2.43. The average Bonchev–Trinajstić information content (AvgIpc) is 2.55. The Balaban J connectivity index is 1.65. The fraction of sp³-hybridized carbons (Fsp3) is 0.588. The molecule has 0 aromatic heterocycles. The van der Waals surface area contributed by atoms with Crippen molar-refractivity contribution in [3.63, 3.8) is 0 Å². The van der Waals surface area contributed by atoms with Gasteiger partial charge in [0.2, 0.25) is 5.91 Å². The van der Waals surface area contributed by atoms with Crippen LogP contribution in [0.1, 0.15) is 31.2 Å². The van der Waals surface area contributed by atoms with E-state index >= 15 is 0 Å². The summed E-state index contributed by atoms with van der Waals surface area (Å²) < 4.78 is 11.0. The first-order chi connectivity index (χ1) is 10.3. The number of nitrogens with zero attached hydrogens (tertiary/aromatic N) is 1. The van der Waals surface area contributed by atoms with Crippen LogP contribution in [-0.4, -0.2) is 43.2 Å². The summed E-state index contributed by atoms with van der Waals surface area (Å²) in [5.74, 6) is 1.05. The number of morpholine rings is 1. The van der Waals surface area contributed by atoms with Gasteiger partial charge in [-0.1, -0.05) is 25.0 Å². The van der Waals surface area contributed by atoms with Crippen LogP contribution >= 0.6 is 0 Å². The number of hydrogen-bond acceptors (Lipinski definition) is 3. The van der Waals surface area contributed by atoms with E-state index in [1.54, 1.807) is 7.11 Å². The highest BCUT2D eigenvalue weighted by Gasteiger charge is 2.36. The van der Waals surface area contributed by atoms with Crippen molar-refractivity contribution in [1.82, 2.24) is 4.90 Å². The minimum absolute atomic E-state index is 0.223. The van der Waals surface area contributed by atoms with E-state index in [-0.39, 0.29) is 12.0 Å². The Hall–Kier alpha value is -1.55. The van der Waals surface area contributed by atoms with Gasteiger partial charge < -0.3 is 14.4 Å². The number of carbonyl (C=O) groups excluding carboxylic acids is 1. The summed E-state index contributed by atoms with van der Waals surface area (Å²) in [7, 11) is 1.65. The number of benzene rings is 1. The Morgan fingerprint density at radius 2 is 2.05 bits per heavy atom. The van der Waals surface area contributed by atoms with Crippen LogP contribution in [0.25, 0.3) is 0 Å². The fourth-order valence-corrected chi connectivity index (χ4v) is 3.43. The molecule has 2 fully saturated rings. The van der Waals surface area contributed by atoms with Gasteiger partial charge in [0.05, 0.1) is 32.3 Å². The molecule has 0 N–H and O–H groups in total. The van der Waals surface area contributed by atoms with Gasteiger partial charge in [0, 0.05) is 6.54 Å². The molecule has 3 rings (SSSR count). The van der Waals surface area contributed by atoms with Gasteiger partial charge in [-0.2, -0.15) is 0 Å². The average molecular weight is 289 g/mol. The molecule has 1 aromatic rings. The van der Waals surface area contributed by atoms with Crippen molar-refractivity contribution in [3.05, 3.63) is 29.8 Å². The Morgan fingerprint density at radius 3 is 2.81 bits per heavy atom. The van der Waals surface area contributed by atoms with Crippen LogP contribution in [0.4, 0.5) is 0 Å². The Morgan fingerprint density at radius 1 is 1.29 bits per heavy atom. The Bertz CT molecular complexity index is 483. The van der Waals surface area contributed by atoms with Gasteiger partial charge in [-0.25, -0.2) is 0 Å². The van der Waals surface area contributed by atoms with E-state index in [0.29, 0.717) is 19.1 Å². The molecule has 1 aliphatic carbocycles. The highest BCUT2D eigenvalue weighted by molar-refractivity contribution is 5.79. The molecular formula is C17H23NO3. The lowest BCUT2D eigenvalue weighted by molar-refractivity contribution is -0.148. The summed E-state index contributed by atoms with van der Waals surface area (Å²) in [6.45, 7) is 1.41. The van der Waals surface area contributed by atoms with Crippen molar-refractivity contribution < 1.29 is 14.3 Å². The standard InChI is InChI=1S/C17H23NO3/c1-20-14-8-6-13(7-9-14)12-17(19)18-10-11-21-16-5-3-2-4-15(16)18/h6-9,15-16H,2-5,10-12H2,1H3/t15-,16+/m1/s1. The molecule has 2 aliphatic rings. The second kappa shape index (κ2) is 6.48. The normalized spacial score (nSPS) is 25.3. The topological polar surface area (TPSA) is 38.8 Å². The third kappa shape index (κ3) is 3.21. The highest BCUT2D eigenvalue weighted by Crippen LogP contribution is 2.29. The van der Waals surface area contributed by atoms with Gasteiger partial charge >= 0.3 is 0 Å². The van der Waals surface area contributed by atoms with E-state index < -0.39 is 0 Å². The monoisotopic (exact) mass is 289 g/mol. The molecule has 2 atom stereocenters. The van der Waals surface area contributed by atoms with E-state index in [1.807, 2.05) is 24.3 Å². The molecule has 4 heteroatoms. The summed E-state index contributed by atoms with van der Waals surface area (Å²) in [5, 5.41) is 0. The van der Waals surface area contributed by atoms with E-state index in [2.05, 4.69) is 4.90 Å². The van der Waals surface area contributed by atoms with Crippen LogP contribution in [0.5, 0.6) is 5.75 Å². The van der Waals surface area contributed by atoms with Gasteiger partial charge in [-0.3, -0.25) is 4.79 Å². The van der Waals surface area contributed by atoms with Gasteiger partial charge in [-0.15, -0.1) is 0 Å². The highest BCUT2D eigenvalue weighted by atomic mass is 16.5. The number of amides is 1. The summed E-state index contributed by atoms with van der Waals surface area (Å²) >= 11 is 0. The predicted octanol–water partition coefficient (Wildman–Crippen LogP) is 2.41. The van der Waals surface area contributed by atoms with Gasteiger partial charge in [0.15, 0.2) is 0 Å². The van der Waals surface area contributed by atoms with Crippen LogP contribution in [-0.2, 0) is 16.0 Å². The quantitative estimate of drug-likeness (QED) is 0.857. The number of carbonyl (C=O) groups is 1. The molecule has 1 aliphatic heterocycles. The first kappa shape index (κ1) is 14.4. The van der Waals surface area contributed by atoms with Crippen LogP contribution in [0.15, 0.2) is 24.3 Å². The van der Waals surface area contributed by atoms with E-state index in [4.69, 9.17) is 9.47 Å². The second-order valence-electron chi connectivity index (χ2n) is 5.87. The van der Waals surface area contributed by atoms with Crippen molar-refractivity contribution in [1.29, 1.82) is 0 Å². The Kier molecular flexibility index (Phi) is 4.44. The van der Waals surface area contributed by atoms with Crippen molar-refractivity contribution in [2.75, 3.05) is 20.3 Å². The van der Waals surface area contributed by atoms with Gasteiger partial charge in [0.25, 0.3) is 0 Å². The minimum atomic E-state index is 0.223. The summed E-state index contributed by atoms with van der Waals surface area (Å²) in [4.78, 5) is 14.7. The third-order valence-electron chi connectivity index (χ3n) is 4.57. The second-order valence-corrected chi connectivity index (χ2v) is 5.87. The maximum Gasteiger partial charge on any atom is 0.227 e. The van der Waals surface area contributed by atoms with Crippen LogP contribution in [0.2, 0.25) is 0 Å².